The van der Waals surface area contributed by atoms with E-state index in [0.29, 0.717) is 23.0 Å². The summed E-state index contributed by atoms with van der Waals surface area (Å²) in [6.45, 7) is 19.0. The van der Waals surface area contributed by atoms with Gasteiger partial charge in [0.1, 0.15) is 0 Å². The van der Waals surface area contributed by atoms with Crippen molar-refractivity contribution in [1.29, 1.82) is 0 Å². The van der Waals surface area contributed by atoms with Gasteiger partial charge in [0.2, 0.25) is 0 Å². The molecular formula is C46H83NO3. The summed E-state index contributed by atoms with van der Waals surface area (Å²) in [5, 5.41) is 0. The highest BCUT2D eigenvalue weighted by Gasteiger charge is 2.59. The SMILES string of the molecule is CCCCCC=CCCCOC[C@H](COCCCCO[C@H]1CC[C@@]2(C)C(=CCC3C2CC[C@@]2(C)C3CC[C@@H]2[C@H](C)CCCC(C)C)C1)N(C)C. The zero-order chi connectivity index (χ0) is 36.0. The number of hydrogen-bond acceptors (Lipinski definition) is 4. The molecule has 290 valence electrons. The standard InChI is InChI=1S/C46H83NO3/c1-9-10-11-12-13-14-15-16-30-48-34-39(47(7)8)35-49-31-17-18-32-50-40-26-28-45(5)38(33-40)22-23-41-43-25-24-42(37(4)21-19-20-36(2)3)46(43,6)29-27-44(41)45/h13-14,22,36-37,39-44H,9-12,15-21,23-35H2,1-8H3/t37-,39-,40+,41?,42-,43?,44?,45+,46-/m1/s1. The lowest BCUT2D eigenvalue weighted by molar-refractivity contribution is -0.0643. The molecule has 0 aromatic carbocycles. The predicted octanol–water partition coefficient (Wildman–Crippen LogP) is 12.1. The van der Waals surface area contributed by atoms with Crippen molar-refractivity contribution < 1.29 is 14.2 Å². The molecule has 3 saturated carbocycles. The van der Waals surface area contributed by atoms with E-state index in [2.05, 4.69) is 78.8 Å². The first-order valence-electron chi connectivity index (χ1n) is 21.9. The van der Waals surface area contributed by atoms with Crippen LogP contribution in [0.15, 0.2) is 23.8 Å². The predicted molar refractivity (Wildman–Crippen MR) is 214 cm³/mol. The van der Waals surface area contributed by atoms with E-state index in [0.717, 1.165) is 94.2 Å². The Hall–Kier alpha value is -0.680. The fourth-order valence-corrected chi connectivity index (χ4v) is 11.2. The van der Waals surface area contributed by atoms with E-state index in [4.69, 9.17) is 14.2 Å². The first kappa shape index (κ1) is 42.1. The number of likely N-dealkylation sites (N-methyl/N-ethyl adjacent to an activating group) is 1. The molecule has 0 aliphatic heterocycles. The van der Waals surface area contributed by atoms with Crippen LogP contribution in [0.5, 0.6) is 0 Å². The lowest BCUT2D eigenvalue weighted by Gasteiger charge is -2.58. The second-order valence-corrected chi connectivity index (χ2v) is 18.6. The number of allylic oxidation sites excluding steroid dienone is 3. The quantitative estimate of drug-likeness (QED) is 0.0742. The molecule has 0 heterocycles. The van der Waals surface area contributed by atoms with Gasteiger partial charge in [-0.2, -0.15) is 0 Å². The van der Waals surface area contributed by atoms with Gasteiger partial charge in [-0.25, -0.2) is 0 Å². The molecular weight excluding hydrogens is 615 g/mol. The van der Waals surface area contributed by atoms with E-state index >= 15 is 0 Å². The Bertz CT molecular complexity index is 1010. The number of ether oxygens (including phenoxy) is 3. The van der Waals surface area contributed by atoms with Crippen LogP contribution in [0.3, 0.4) is 0 Å². The van der Waals surface area contributed by atoms with Gasteiger partial charge in [-0.1, -0.05) is 97.4 Å². The van der Waals surface area contributed by atoms with Crippen LogP contribution in [0, 0.1) is 46.3 Å². The fourth-order valence-electron chi connectivity index (χ4n) is 11.2. The van der Waals surface area contributed by atoms with E-state index in [1.54, 1.807) is 5.57 Å². The average Bonchev–Trinajstić information content (AvgIpc) is 3.44. The highest BCUT2D eigenvalue weighted by molar-refractivity contribution is 5.25. The van der Waals surface area contributed by atoms with Crippen LogP contribution in [-0.2, 0) is 14.2 Å². The van der Waals surface area contributed by atoms with Crippen molar-refractivity contribution in [3.05, 3.63) is 23.8 Å². The Labute approximate surface area is 311 Å². The third-order valence-corrected chi connectivity index (χ3v) is 14.4. The van der Waals surface area contributed by atoms with Crippen LogP contribution in [0.25, 0.3) is 0 Å². The number of unbranched alkanes of at least 4 members (excludes halogenated alkanes) is 5. The minimum absolute atomic E-state index is 0.312. The number of rotatable bonds is 24. The van der Waals surface area contributed by atoms with Crippen LogP contribution in [0.2, 0.25) is 0 Å². The number of nitrogens with zero attached hydrogens (tertiary/aromatic N) is 1. The van der Waals surface area contributed by atoms with Gasteiger partial charge in [0.25, 0.3) is 0 Å². The van der Waals surface area contributed by atoms with Crippen LogP contribution >= 0.6 is 0 Å². The molecule has 3 fully saturated rings. The third-order valence-electron chi connectivity index (χ3n) is 14.4. The maximum atomic E-state index is 6.54. The van der Waals surface area contributed by atoms with Gasteiger partial charge >= 0.3 is 0 Å². The summed E-state index contributed by atoms with van der Waals surface area (Å²) in [5.74, 6) is 5.45. The van der Waals surface area contributed by atoms with Gasteiger partial charge in [0.05, 0.1) is 25.4 Å². The molecule has 3 unspecified atom stereocenters. The summed E-state index contributed by atoms with van der Waals surface area (Å²) in [5.41, 5.74) is 2.75. The first-order valence-corrected chi connectivity index (χ1v) is 21.9. The van der Waals surface area contributed by atoms with Crippen molar-refractivity contribution in [1.82, 2.24) is 4.90 Å². The highest BCUT2D eigenvalue weighted by Crippen LogP contribution is 2.67. The van der Waals surface area contributed by atoms with Crippen LogP contribution in [0.1, 0.15) is 164 Å². The van der Waals surface area contributed by atoms with Crippen LogP contribution in [-0.4, -0.2) is 64.2 Å². The monoisotopic (exact) mass is 698 g/mol. The third kappa shape index (κ3) is 11.7. The van der Waals surface area contributed by atoms with Gasteiger partial charge in [0.15, 0.2) is 0 Å². The fraction of sp³-hybridized carbons (Fsp3) is 0.913. The van der Waals surface area contributed by atoms with Crippen molar-refractivity contribution in [3.8, 4) is 0 Å². The molecule has 0 spiro atoms. The summed E-state index contributed by atoms with van der Waals surface area (Å²) in [7, 11) is 4.27. The van der Waals surface area contributed by atoms with E-state index < -0.39 is 0 Å². The molecule has 0 N–H and O–H groups in total. The molecule has 0 radical (unpaired) electrons. The first-order chi connectivity index (χ1) is 24.1. The van der Waals surface area contributed by atoms with Crippen LogP contribution < -0.4 is 0 Å². The van der Waals surface area contributed by atoms with Crippen molar-refractivity contribution in [2.24, 2.45) is 46.3 Å². The van der Waals surface area contributed by atoms with Crippen molar-refractivity contribution in [3.63, 3.8) is 0 Å². The summed E-state index contributed by atoms with van der Waals surface area (Å²) >= 11 is 0. The normalized spacial score (nSPS) is 32.3. The Balaban J connectivity index is 1.10. The zero-order valence-corrected chi connectivity index (χ0v) is 34.5. The molecule has 4 aliphatic rings. The van der Waals surface area contributed by atoms with Crippen molar-refractivity contribution in [2.75, 3.05) is 47.1 Å². The number of hydrogen-bond donors (Lipinski definition) is 0. The minimum Gasteiger partial charge on any atom is -0.380 e. The Morgan fingerprint density at radius 3 is 2.24 bits per heavy atom. The molecule has 4 nitrogen and oxygen atoms in total. The average molecular weight is 698 g/mol. The highest BCUT2D eigenvalue weighted by atomic mass is 16.5. The number of fused-ring (bicyclic) bond motifs is 5. The van der Waals surface area contributed by atoms with Gasteiger partial charge in [0, 0.05) is 19.8 Å². The summed E-state index contributed by atoms with van der Waals surface area (Å²) < 4.78 is 18.7. The summed E-state index contributed by atoms with van der Waals surface area (Å²) in [6, 6.07) is 0.312. The van der Waals surface area contributed by atoms with Crippen molar-refractivity contribution >= 4 is 0 Å². The molecule has 4 heteroatoms. The molecule has 0 bridgehead atoms. The second-order valence-electron chi connectivity index (χ2n) is 18.6. The lowest BCUT2D eigenvalue weighted by atomic mass is 9.47. The largest absolute Gasteiger partial charge is 0.380 e. The Morgan fingerprint density at radius 2 is 1.52 bits per heavy atom. The van der Waals surface area contributed by atoms with Gasteiger partial charge in [-0.15, -0.1) is 0 Å². The molecule has 0 aromatic rings. The topological polar surface area (TPSA) is 30.9 Å². The maximum absolute atomic E-state index is 6.54. The molecule has 0 amide bonds. The lowest BCUT2D eigenvalue weighted by Crippen LogP contribution is -2.51. The Kier molecular flexibility index (Phi) is 17.9. The second kappa shape index (κ2) is 21.3. The zero-order valence-electron chi connectivity index (χ0n) is 34.5. The molecule has 50 heavy (non-hydrogen) atoms. The van der Waals surface area contributed by atoms with Gasteiger partial charge in [-0.05, 0) is 150 Å². The molecule has 0 saturated heterocycles. The van der Waals surface area contributed by atoms with E-state index in [9.17, 15) is 0 Å². The summed E-state index contributed by atoms with van der Waals surface area (Å²) in [4.78, 5) is 2.24. The maximum Gasteiger partial charge on any atom is 0.0644 e. The van der Waals surface area contributed by atoms with E-state index in [1.165, 1.54) is 96.3 Å². The molecule has 4 aliphatic carbocycles. The molecule has 4 rings (SSSR count). The van der Waals surface area contributed by atoms with Gasteiger partial charge < -0.3 is 19.1 Å². The molecule has 0 aromatic heterocycles. The Morgan fingerprint density at radius 1 is 0.800 bits per heavy atom. The van der Waals surface area contributed by atoms with E-state index in [-0.39, 0.29) is 0 Å². The van der Waals surface area contributed by atoms with Gasteiger partial charge in [-0.3, -0.25) is 0 Å². The van der Waals surface area contributed by atoms with Crippen molar-refractivity contribution in [2.45, 2.75) is 176 Å². The molecule has 9 atom stereocenters. The minimum atomic E-state index is 0.312. The smallest absolute Gasteiger partial charge is 0.0644 e. The van der Waals surface area contributed by atoms with Crippen LogP contribution in [0.4, 0.5) is 0 Å². The summed E-state index contributed by atoms with van der Waals surface area (Å²) in [6.07, 6.45) is 32.6. The van der Waals surface area contributed by atoms with E-state index in [1.807, 2.05) is 0 Å².